The smallest absolute Gasteiger partial charge is 0.226 e. The minimum atomic E-state index is -0.0124. The summed E-state index contributed by atoms with van der Waals surface area (Å²) in [5, 5.41) is 6.43. The third-order valence-electron chi connectivity index (χ3n) is 4.49. The van der Waals surface area contributed by atoms with Gasteiger partial charge in [0, 0.05) is 37.4 Å². The molecule has 1 aromatic rings. The Labute approximate surface area is 127 Å². The highest BCUT2D eigenvalue weighted by atomic mass is 16.1. The molecule has 0 aromatic heterocycles. The third-order valence-corrected chi connectivity index (χ3v) is 4.49. The van der Waals surface area contributed by atoms with Gasteiger partial charge in [-0.2, -0.15) is 0 Å². The van der Waals surface area contributed by atoms with E-state index in [9.17, 15) is 4.79 Å². The highest BCUT2D eigenvalue weighted by Gasteiger charge is 2.32. The number of hydrogen-bond acceptors (Lipinski definition) is 3. The van der Waals surface area contributed by atoms with Gasteiger partial charge in [0.15, 0.2) is 0 Å². The van der Waals surface area contributed by atoms with Crippen molar-refractivity contribution in [3.63, 3.8) is 0 Å². The molecule has 0 bridgehead atoms. The zero-order valence-electron chi connectivity index (χ0n) is 13.4. The summed E-state index contributed by atoms with van der Waals surface area (Å²) in [6.07, 6.45) is 6.45. The molecule has 0 heterocycles. The Balaban J connectivity index is 1.99. The van der Waals surface area contributed by atoms with Gasteiger partial charge in [-0.25, -0.2) is 0 Å². The molecule has 116 valence electrons. The molecule has 4 nitrogen and oxygen atoms in total. The number of nitrogens with one attached hydrogen (secondary N) is 2. The minimum Gasteiger partial charge on any atom is -0.378 e. The molecule has 0 radical (unpaired) electrons. The van der Waals surface area contributed by atoms with Crippen LogP contribution in [0.25, 0.3) is 0 Å². The number of anilines is 2. The first kappa shape index (κ1) is 15.8. The van der Waals surface area contributed by atoms with Crippen molar-refractivity contribution in [2.75, 3.05) is 31.4 Å². The first-order chi connectivity index (χ1) is 10.0. The molecule has 1 aliphatic carbocycles. The standard InChI is InChI=1S/C17H27N3O/c1-18-17(10-5-4-6-11-17)13-16(21)19-14-8-7-9-15(12-14)20(2)3/h7-9,12,18H,4-6,10-11,13H2,1-3H3,(H,19,21). The Morgan fingerprint density at radius 2 is 1.95 bits per heavy atom. The topological polar surface area (TPSA) is 44.4 Å². The molecule has 21 heavy (non-hydrogen) atoms. The van der Waals surface area contributed by atoms with Crippen molar-refractivity contribution in [2.45, 2.75) is 44.1 Å². The van der Waals surface area contributed by atoms with Gasteiger partial charge < -0.3 is 15.5 Å². The SMILES string of the molecule is CNC1(CC(=O)Nc2cccc(N(C)C)c2)CCCCC1. The molecular formula is C17H27N3O. The number of carbonyl (C=O) groups is 1. The van der Waals surface area contributed by atoms with E-state index in [1.807, 2.05) is 50.3 Å². The maximum atomic E-state index is 12.4. The van der Waals surface area contributed by atoms with Gasteiger partial charge in [0.05, 0.1) is 0 Å². The fourth-order valence-electron chi connectivity index (χ4n) is 3.12. The largest absolute Gasteiger partial charge is 0.378 e. The fourth-order valence-corrected chi connectivity index (χ4v) is 3.12. The Morgan fingerprint density at radius 1 is 1.24 bits per heavy atom. The number of amides is 1. The van der Waals surface area contributed by atoms with Crippen LogP contribution in [-0.2, 0) is 4.79 Å². The molecule has 1 amide bonds. The minimum absolute atomic E-state index is 0.0124. The third kappa shape index (κ3) is 4.21. The Bertz CT molecular complexity index is 479. The van der Waals surface area contributed by atoms with Gasteiger partial charge in [-0.3, -0.25) is 4.79 Å². The van der Waals surface area contributed by atoms with E-state index in [4.69, 9.17) is 0 Å². The van der Waals surface area contributed by atoms with Gasteiger partial charge in [0.1, 0.15) is 0 Å². The first-order valence-electron chi connectivity index (χ1n) is 7.81. The van der Waals surface area contributed by atoms with Crippen molar-refractivity contribution in [1.29, 1.82) is 0 Å². The second-order valence-electron chi connectivity index (χ2n) is 6.26. The van der Waals surface area contributed by atoms with E-state index in [2.05, 4.69) is 10.6 Å². The monoisotopic (exact) mass is 289 g/mol. The molecule has 0 spiro atoms. The van der Waals surface area contributed by atoms with E-state index in [-0.39, 0.29) is 11.4 Å². The summed E-state index contributed by atoms with van der Waals surface area (Å²) in [5.41, 5.74) is 1.95. The lowest BCUT2D eigenvalue weighted by molar-refractivity contribution is -0.117. The summed E-state index contributed by atoms with van der Waals surface area (Å²) in [4.78, 5) is 14.4. The molecular weight excluding hydrogens is 262 g/mol. The van der Waals surface area contributed by atoms with Crippen molar-refractivity contribution in [3.8, 4) is 0 Å². The fraction of sp³-hybridized carbons (Fsp3) is 0.588. The Hall–Kier alpha value is -1.55. The number of hydrogen-bond donors (Lipinski definition) is 2. The quantitative estimate of drug-likeness (QED) is 0.876. The summed E-state index contributed by atoms with van der Waals surface area (Å²) >= 11 is 0. The molecule has 2 rings (SSSR count). The summed E-state index contributed by atoms with van der Waals surface area (Å²) in [7, 11) is 5.98. The Morgan fingerprint density at radius 3 is 2.57 bits per heavy atom. The molecule has 1 aliphatic rings. The van der Waals surface area contributed by atoms with Gasteiger partial charge >= 0.3 is 0 Å². The van der Waals surface area contributed by atoms with Crippen LogP contribution in [-0.4, -0.2) is 32.6 Å². The second-order valence-corrected chi connectivity index (χ2v) is 6.26. The average Bonchev–Trinajstić information content (AvgIpc) is 2.48. The van der Waals surface area contributed by atoms with Crippen LogP contribution in [0.1, 0.15) is 38.5 Å². The number of nitrogens with zero attached hydrogens (tertiary/aromatic N) is 1. The van der Waals surface area contributed by atoms with E-state index >= 15 is 0 Å². The van der Waals surface area contributed by atoms with Crippen LogP contribution < -0.4 is 15.5 Å². The molecule has 0 atom stereocenters. The van der Waals surface area contributed by atoms with Crippen LogP contribution in [0, 0.1) is 0 Å². The van der Waals surface area contributed by atoms with Crippen LogP contribution in [0.15, 0.2) is 24.3 Å². The lowest BCUT2D eigenvalue weighted by atomic mass is 9.79. The number of rotatable bonds is 5. The molecule has 0 unspecified atom stereocenters. The lowest BCUT2D eigenvalue weighted by Crippen LogP contribution is -2.47. The average molecular weight is 289 g/mol. The van der Waals surface area contributed by atoms with E-state index in [0.717, 1.165) is 24.2 Å². The van der Waals surface area contributed by atoms with Gasteiger partial charge in [-0.05, 0) is 38.1 Å². The van der Waals surface area contributed by atoms with Crippen LogP contribution in [0.5, 0.6) is 0 Å². The zero-order chi connectivity index (χ0) is 15.3. The van der Waals surface area contributed by atoms with E-state index < -0.39 is 0 Å². The molecule has 0 aliphatic heterocycles. The second kappa shape index (κ2) is 6.94. The van der Waals surface area contributed by atoms with Crippen molar-refractivity contribution < 1.29 is 4.79 Å². The van der Waals surface area contributed by atoms with Crippen molar-refractivity contribution in [2.24, 2.45) is 0 Å². The van der Waals surface area contributed by atoms with E-state index in [1.54, 1.807) is 0 Å². The zero-order valence-corrected chi connectivity index (χ0v) is 13.4. The van der Waals surface area contributed by atoms with Crippen molar-refractivity contribution in [1.82, 2.24) is 5.32 Å². The van der Waals surface area contributed by atoms with Crippen LogP contribution >= 0.6 is 0 Å². The normalized spacial score (nSPS) is 17.3. The highest BCUT2D eigenvalue weighted by molar-refractivity contribution is 5.92. The summed E-state index contributed by atoms with van der Waals surface area (Å²) in [6, 6.07) is 7.95. The van der Waals surface area contributed by atoms with Gasteiger partial charge in [0.2, 0.25) is 5.91 Å². The van der Waals surface area contributed by atoms with Crippen molar-refractivity contribution >= 4 is 17.3 Å². The number of carbonyl (C=O) groups excluding carboxylic acids is 1. The predicted molar refractivity (Wildman–Crippen MR) is 88.9 cm³/mol. The molecule has 1 saturated carbocycles. The van der Waals surface area contributed by atoms with E-state index in [1.165, 1.54) is 19.3 Å². The maximum absolute atomic E-state index is 12.4. The molecule has 1 fully saturated rings. The highest BCUT2D eigenvalue weighted by Crippen LogP contribution is 2.31. The number of benzene rings is 1. The van der Waals surface area contributed by atoms with Crippen molar-refractivity contribution in [3.05, 3.63) is 24.3 Å². The van der Waals surface area contributed by atoms with E-state index in [0.29, 0.717) is 6.42 Å². The maximum Gasteiger partial charge on any atom is 0.226 e. The lowest BCUT2D eigenvalue weighted by Gasteiger charge is -2.36. The van der Waals surface area contributed by atoms with Gasteiger partial charge in [-0.15, -0.1) is 0 Å². The molecule has 0 saturated heterocycles. The van der Waals surface area contributed by atoms with Crippen LogP contribution in [0.2, 0.25) is 0 Å². The predicted octanol–water partition coefficient (Wildman–Crippen LogP) is 3.00. The van der Waals surface area contributed by atoms with Crippen LogP contribution in [0.4, 0.5) is 11.4 Å². The summed E-state index contributed by atoms with van der Waals surface area (Å²) < 4.78 is 0. The summed E-state index contributed by atoms with van der Waals surface area (Å²) in [6.45, 7) is 0. The first-order valence-corrected chi connectivity index (χ1v) is 7.81. The van der Waals surface area contributed by atoms with Crippen LogP contribution in [0.3, 0.4) is 0 Å². The van der Waals surface area contributed by atoms with Gasteiger partial charge in [0.25, 0.3) is 0 Å². The molecule has 2 N–H and O–H groups in total. The Kier molecular flexibility index (Phi) is 5.23. The molecule has 4 heteroatoms. The van der Waals surface area contributed by atoms with Gasteiger partial charge in [-0.1, -0.05) is 25.3 Å². The summed E-state index contributed by atoms with van der Waals surface area (Å²) in [5.74, 6) is 0.0992. The molecule has 1 aromatic carbocycles.